The van der Waals surface area contributed by atoms with E-state index in [1.165, 1.54) is 6.07 Å². The minimum absolute atomic E-state index is 0.105. The highest BCUT2D eigenvalue weighted by Crippen LogP contribution is 2.20. The first-order valence-electron chi connectivity index (χ1n) is 9.77. The van der Waals surface area contributed by atoms with Crippen molar-refractivity contribution in [1.29, 1.82) is 0 Å². The highest BCUT2D eigenvalue weighted by Gasteiger charge is 2.24. The molecule has 3 rings (SSSR count). The fourth-order valence-electron chi connectivity index (χ4n) is 3.05. The van der Waals surface area contributed by atoms with Crippen LogP contribution in [0.25, 0.3) is 0 Å². The van der Waals surface area contributed by atoms with Crippen LogP contribution in [0.1, 0.15) is 30.5 Å². The summed E-state index contributed by atoms with van der Waals surface area (Å²) in [7, 11) is 0. The van der Waals surface area contributed by atoms with E-state index in [2.05, 4.69) is 15.9 Å². The first-order valence-corrected chi connectivity index (χ1v) is 10.6. The van der Waals surface area contributed by atoms with Crippen molar-refractivity contribution in [3.63, 3.8) is 0 Å². The van der Waals surface area contributed by atoms with Crippen LogP contribution in [-0.2, 0) is 16.0 Å². The minimum Gasteiger partial charge on any atom is -0.461 e. The molecule has 0 aliphatic heterocycles. The van der Waals surface area contributed by atoms with Gasteiger partial charge in [0, 0.05) is 22.0 Å². The first-order chi connectivity index (χ1) is 14.4. The topological polar surface area (TPSA) is 38.7 Å². The van der Waals surface area contributed by atoms with E-state index >= 15 is 0 Å². The number of nitrogens with zero attached hydrogens (tertiary/aromatic N) is 1. The van der Waals surface area contributed by atoms with Crippen LogP contribution in [0.3, 0.4) is 0 Å². The van der Waals surface area contributed by atoms with E-state index in [4.69, 9.17) is 9.73 Å². The molecule has 0 saturated heterocycles. The van der Waals surface area contributed by atoms with Crippen LogP contribution in [0.4, 0.5) is 4.39 Å². The van der Waals surface area contributed by atoms with Gasteiger partial charge in [-0.1, -0.05) is 82.7 Å². The van der Waals surface area contributed by atoms with Crippen LogP contribution in [0.2, 0.25) is 0 Å². The molecule has 0 fully saturated rings. The van der Waals surface area contributed by atoms with E-state index in [0.29, 0.717) is 15.7 Å². The van der Waals surface area contributed by atoms with Crippen LogP contribution in [0.15, 0.2) is 88.3 Å². The second kappa shape index (κ2) is 10.3. The molecule has 0 saturated carbocycles. The van der Waals surface area contributed by atoms with Crippen LogP contribution in [0.5, 0.6) is 0 Å². The standard InChI is InChI=1S/C25H23BrFNO2/c1-17(2)30-25(29)23(15-20-13-14-21(26)16-22(20)27)28-24(18-9-5-3-6-10-18)19-11-7-4-8-12-19/h3-14,16-17,23H,15H2,1-2H3/t23-/m0/s1. The van der Waals surface area contributed by atoms with Gasteiger partial charge in [0.25, 0.3) is 0 Å². The third-order valence-corrected chi connectivity index (χ3v) is 4.92. The number of rotatable bonds is 7. The Labute approximate surface area is 184 Å². The summed E-state index contributed by atoms with van der Waals surface area (Å²) in [5.74, 6) is -0.862. The zero-order valence-corrected chi connectivity index (χ0v) is 18.5. The van der Waals surface area contributed by atoms with Gasteiger partial charge < -0.3 is 4.74 Å². The summed E-state index contributed by atoms with van der Waals surface area (Å²) < 4.78 is 20.6. The van der Waals surface area contributed by atoms with Gasteiger partial charge in [-0.2, -0.15) is 0 Å². The number of carbonyl (C=O) groups is 1. The average molecular weight is 468 g/mol. The molecule has 3 nitrogen and oxygen atoms in total. The van der Waals surface area contributed by atoms with Gasteiger partial charge in [-0.15, -0.1) is 0 Å². The van der Waals surface area contributed by atoms with Crippen LogP contribution >= 0.6 is 15.9 Å². The molecular weight excluding hydrogens is 445 g/mol. The van der Waals surface area contributed by atoms with Crippen molar-refractivity contribution in [2.75, 3.05) is 0 Å². The number of halogens is 2. The molecule has 1 atom stereocenters. The molecule has 0 aromatic heterocycles. The SMILES string of the molecule is CC(C)OC(=O)[C@H](Cc1ccc(Br)cc1F)N=C(c1ccccc1)c1ccccc1. The van der Waals surface area contributed by atoms with Gasteiger partial charge in [-0.05, 0) is 31.5 Å². The van der Waals surface area contributed by atoms with Crippen LogP contribution in [-0.4, -0.2) is 23.8 Å². The Morgan fingerprint density at radius 3 is 2.03 bits per heavy atom. The smallest absolute Gasteiger partial charge is 0.331 e. The lowest BCUT2D eigenvalue weighted by atomic mass is 10.0. The Kier molecular flexibility index (Phi) is 7.52. The summed E-state index contributed by atoms with van der Waals surface area (Å²) >= 11 is 3.27. The summed E-state index contributed by atoms with van der Waals surface area (Å²) in [5, 5.41) is 0. The van der Waals surface area contributed by atoms with Gasteiger partial charge in [0.2, 0.25) is 0 Å². The van der Waals surface area contributed by atoms with Crippen molar-refractivity contribution < 1.29 is 13.9 Å². The fraction of sp³-hybridized carbons (Fsp3) is 0.200. The molecule has 0 spiro atoms. The molecular formula is C25H23BrFNO2. The Bertz CT molecular complexity index is 978. The Morgan fingerprint density at radius 2 is 1.53 bits per heavy atom. The Balaban J connectivity index is 2.07. The van der Waals surface area contributed by atoms with Gasteiger partial charge in [0.1, 0.15) is 5.82 Å². The number of hydrogen-bond donors (Lipinski definition) is 0. The minimum atomic E-state index is -0.876. The van der Waals surface area contributed by atoms with Crippen molar-refractivity contribution in [1.82, 2.24) is 0 Å². The lowest BCUT2D eigenvalue weighted by Crippen LogP contribution is -2.28. The van der Waals surface area contributed by atoms with E-state index in [1.807, 2.05) is 60.7 Å². The van der Waals surface area contributed by atoms with Gasteiger partial charge in [0.15, 0.2) is 6.04 Å². The van der Waals surface area contributed by atoms with Crippen molar-refractivity contribution in [2.24, 2.45) is 4.99 Å². The molecule has 0 radical (unpaired) electrons. The van der Waals surface area contributed by atoms with E-state index in [-0.39, 0.29) is 18.3 Å². The molecule has 0 unspecified atom stereocenters. The Hall–Kier alpha value is -2.79. The molecule has 0 amide bonds. The monoisotopic (exact) mass is 467 g/mol. The number of benzene rings is 3. The largest absolute Gasteiger partial charge is 0.461 e. The normalized spacial score (nSPS) is 11.8. The summed E-state index contributed by atoms with van der Waals surface area (Å²) in [6, 6.07) is 23.2. The van der Waals surface area contributed by atoms with E-state index in [9.17, 15) is 9.18 Å². The highest BCUT2D eigenvalue weighted by atomic mass is 79.9. The zero-order chi connectivity index (χ0) is 21.5. The quantitative estimate of drug-likeness (QED) is 0.316. The molecule has 0 aliphatic rings. The molecule has 0 N–H and O–H groups in total. The molecule has 0 heterocycles. The summed E-state index contributed by atoms with van der Waals surface area (Å²) in [5.41, 5.74) is 2.83. The highest BCUT2D eigenvalue weighted by molar-refractivity contribution is 9.10. The maximum atomic E-state index is 14.5. The molecule has 0 aliphatic carbocycles. The predicted molar refractivity (Wildman–Crippen MR) is 121 cm³/mol. The number of aliphatic imine (C=N–C) groups is 1. The number of ether oxygens (including phenoxy) is 1. The molecule has 3 aromatic carbocycles. The molecule has 5 heteroatoms. The summed E-state index contributed by atoms with van der Waals surface area (Å²) in [4.78, 5) is 17.7. The second-order valence-electron chi connectivity index (χ2n) is 7.15. The zero-order valence-electron chi connectivity index (χ0n) is 16.9. The average Bonchev–Trinajstić information content (AvgIpc) is 2.73. The van der Waals surface area contributed by atoms with Gasteiger partial charge >= 0.3 is 5.97 Å². The van der Waals surface area contributed by atoms with Crippen molar-refractivity contribution in [2.45, 2.75) is 32.4 Å². The van der Waals surface area contributed by atoms with E-state index in [0.717, 1.165) is 11.1 Å². The lowest BCUT2D eigenvalue weighted by Gasteiger charge is -2.17. The molecule has 154 valence electrons. The van der Waals surface area contributed by atoms with Crippen molar-refractivity contribution in [3.05, 3.63) is 106 Å². The van der Waals surface area contributed by atoms with Crippen LogP contribution in [0, 0.1) is 5.82 Å². The molecule has 0 bridgehead atoms. The third-order valence-electron chi connectivity index (χ3n) is 4.43. The maximum Gasteiger partial charge on any atom is 0.331 e. The number of carbonyl (C=O) groups excluding carboxylic acids is 1. The van der Waals surface area contributed by atoms with Gasteiger partial charge in [0.05, 0.1) is 11.8 Å². The number of hydrogen-bond acceptors (Lipinski definition) is 3. The Morgan fingerprint density at radius 1 is 0.967 bits per heavy atom. The summed E-state index contributed by atoms with van der Waals surface area (Å²) in [6.07, 6.45) is -0.185. The third kappa shape index (κ3) is 5.86. The van der Waals surface area contributed by atoms with Crippen molar-refractivity contribution >= 4 is 27.6 Å². The maximum absolute atomic E-state index is 14.5. The van der Waals surface area contributed by atoms with Gasteiger partial charge in [-0.3, -0.25) is 4.99 Å². The van der Waals surface area contributed by atoms with Crippen molar-refractivity contribution in [3.8, 4) is 0 Å². The fourth-order valence-corrected chi connectivity index (χ4v) is 3.38. The number of esters is 1. The van der Waals surface area contributed by atoms with E-state index < -0.39 is 12.0 Å². The first kappa shape index (κ1) is 21.9. The van der Waals surface area contributed by atoms with E-state index in [1.54, 1.807) is 26.0 Å². The van der Waals surface area contributed by atoms with Crippen LogP contribution < -0.4 is 0 Å². The second-order valence-corrected chi connectivity index (χ2v) is 8.07. The lowest BCUT2D eigenvalue weighted by molar-refractivity contribution is -0.148. The molecule has 3 aromatic rings. The molecule has 30 heavy (non-hydrogen) atoms. The summed E-state index contributed by atoms with van der Waals surface area (Å²) in [6.45, 7) is 3.57. The predicted octanol–water partition coefficient (Wildman–Crippen LogP) is 5.99. The van der Waals surface area contributed by atoms with Gasteiger partial charge in [-0.25, -0.2) is 9.18 Å².